The van der Waals surface area contributed by atoms with Gasteiger partial charge in [0, 0.05) is 35.4 Å². The number of thiazole rings is 1. The molecule has 23 heavy (non-hydrogen) atoms. The third kappa shape index (κ3) is 2.57. The monoisotopic (exact) mass is 330 g/mol. The molecule has 0 radical (unpaired) electrons. The average Bonchev–Trinajstić information content (AvgIpc) is 3.17. The number of hydrogen-bond donors (Lipinski definition) is 2. The Hall–Kier alpha value is -2.41. The number of aryl methyl sites for hydroxylation is 1. The Labute approximate surface area is 136 Å². The van der Waals surface area contributed by atoms with Gasteiger partial charge in [0.2, 0.25) is 5.91 Å². The van der Waals surface area contributed by atoms with E-state index in [2.05, 4.69) is 15.6 Å². The highest BCUT2D eigenvalue weighted by Gasteiger charge is 2.29. The zero-order valence-electron chi connectivity index (χ0n) is 12.5. The molecule has 118 valence electrons. The Morgan fingerprint density at radius 1 is 1.57 bits per heavy atom. The summed E-state index contributed by atoms with van der Waals surface area (Å²) in [4.78, 5) is 17.6. The second kappa shape index (κ2) is 5.34. The molecular formula is C16H15FN4OS. The van der Waals surface area contributed by atoms with Gasteiger partial charge in [0.15, 0.2) is 4.96 Å². The number of hydrogen-bond acceptors (Lipinski definition) is 4. The van der Waals surface area contributed by atoms with Crippen LogP contribution < -0.4 is 10.6 Å². The zero-order chi connectivity index (χ0) is 16.0. The van der Waals surface area contributed by atoms with Crippen molar-refractivity contribution < 1.29 is 9.18 Å². The first-order valence-electron chi connectivity index (χ1n) is 7.34. The predicted octanol–water partition coefficient (Wildman–Crippen LogP) is 2.50. The maximum Gasteiger partial charge on any atom is 0.243 e. The van der Waals surface area contributed by atoms with Gasteiger partial charge in [-0.3, -0.25) is 9.20 Å². The number of carbonyl (C=O) groups excluding carboxylic acids is 1. The number of benzene rings is 1. The molecule has 2 aromatic heterocycles. The Bertz CT molecular complexity index is 872. The number of rotatable bonds is 3. The van der Waals surface area contributed by atoms with E-state index in [1.165, 1.54) is 6.07 Å². The highest BCUT2D eigenvalue weighted by atomic mass is 32.1. The number of aromatic nitrogens is 2. The van der Waals surface area contributed by atoms with Crippen molar-refractivity contribution in [2.45, 2.75) is 25.9 Å². The molecule has 1 amide bonds. The van der Waals surface area contributed by atoms with Crippen molar-refractivity contribution in [1.29, 1.82) is 0 Å². The van der Waals surface area contributed by atoms with Gasteiger partial charge in [0.1, 0.15) is 11.9 Å². The number of anilines is 1. The van der Waals surface area contributed by atoms with Crippen molar-refractivity contribution >= 4 is 27.9 Å². The van der Waals surface area contributed by atoms with Gasteiger partial charge in [-0.1, -0.05) is 0 Å². The first-order chi connectivity index (χ1) is 11.1. The lowest BCUT2D eigenvalue weighted by molar-refractivity contribution is -0.121. The minimum atomic E-state index is -0.440. The molecule has 1 unspecified atom stereocenters. The van der Waals surface area contributed by atoms with Gasteiger partial charge < -0.3 is 10.6 Å². The second-order valence-corrected chi connectivity index (χ2v) is 6.59. The van der Waals surface area contributed by atoms with Gasteiger partial charge in [-0.15, -0.1) is 11.3 Å². The fraction of sp³-hybridized carbons (Fsp3) is 0.250. The molecule has 3 aromatic rings. The summed E-state index contributed by atoms with van der Waals surface area (Å²) in [5.41, 5.74) is 2.94. The van der Waals surface area contributed by atoms with E-state index >= 15 is 0 Å². The van der Waals surface area contributed by atoms with E-state index in [0.717, 1.165) is 16.2 Å². The normalized spacial score (nSPS) is 16.3. The summed E-state index contributed by atoms with van der Waals surface area (Å²) in [5.74, 6) is -0.397. The summed E-state index contributed by atoms with van der Waals surface area (Å²) in [5, 5.41) is 7.92. The zero-order valence-corrected chi connectivity index (χ0v) is 13.3. The summed E-state index contributed by atoms with van der Waals surface area (Å²) in [7, 11) is 0. The third-order valence-corrected chi connectivity index (χ3v) is 4.75. The summed E-state index contributed by atoms with van der Waals surface area (Å²) < 4.78 is 15.9. The van der Waals surface area contributed by atoms with Crippen LogP contribution in [0, 0.1) is 12.7 Å². The highest BCUT2D eigenvalue weighted by molar-refractivity contribution is 7.15. The van der Waals surface area contributed by atoms with Gasteiger partial charge in [-0.05, 0) is 24.6 Å². The molecular weight excluding hydrogens is 315 g/mol. The van der Waals surface area contributed by atoms with Crippen LogP contribution in [0.4, 0.5) is 10.1 Å². The highest BCUT2D eigenvalue weighted by Crippen LogP contribution is 2.29. The number of halogens is 1. The number of carbonyl (C=O) groups is 1. The van der Waals surface area contributed by atoms with Crippen molar-refractivity contribution in [1.82, 2.24) is 14.7 Å². The minimum absolute atomic E-state index is 0.144. The first-order valence-corrected chi connectivity index (χ1v) is 8.22. The number of amides is 1. The van der Waals surface area contributed by atoms with Crippen molar-refractivity contribution in [2.24, 2.45) is 0 Å². The lowest BCUT2D eigenvalue weighted by Gasteiger charge is -2.11. The van der Waals surface area contributed by atoms with E-state index in [1.807, 2.05) is 35.2 Å². The number of fused-ring (bicyclic) bond motifs is 2. The van der Waals surface area contributed by atoms with Gasteiger partial charge in [0.25, 0.3) is 0 Å². The van der Waals surface area contributed by atoms with Gasteiger partial charge in [-0.25, -0.2) is 9.37 Å². The van der Waals surface area contributed by atoms with Crippen LogP contribution in [0.2, 0.25) is 0 Å². The molecule has 0 spiro atoms. The van der Waals surface area contributed by atoms with E-state index in [-0.39, 0.29) is 11.7 Å². The molecule has 0 aliphatic carbocycles. The van der Waals surface area contributed by atoms with Gasteiger partial charge in [0.05, 0.1) is 12.2 Å². The Morgan fingerprint density at radius 3 is 3.26 bits per heavy atom. The van der Waals surface area contributed by atoms with Crippen molar-refractivity contribution in [3.05, 3.63) is 52.5 Å². The van der Waals surface area contributed by atoms with Crippen LogP contribution in [0.3, 0.4) is 0 Å². The number of imidazole rings is 1. The minimum Gasteiger partial charge on any atom is -0.373 e. The Kier molecular flexibility index (Phi) is 3.30. The molecule has 1 atom stereocenters. The van der Waals surface area contributed by atoms with Crippen LogP contribution in [0.1, 0.15) is 16.8 Å². The van der Waals surface area contributed by atoms with Crippen molar-refractivity contribution in [3.8, 4) is 0 Å². The van der Waals surface area contributed by atoms with Crippen LogP contribution in [-0.4, -0.2) is 21.3 Å². The van der Waals surface area contributed by atoms with Crippen LogP contribution >= 0.6 is 11.3 Å². The molecule has 2 N–H and O–H groups in total. The molecule has 7 heteroatoms. The number of nitrogens with one attached hydrogen (secondary N) is 2. The van der Waals surface area contributed by atoms with Crippen LogP contribution in [-0.2, 0) is 17.8 Å². The molecule has 4 rings (SSSR count). The van der Waals surface area contributed by atoms with Gasteiger partial charge in [-0.2, -0.15) is 0 Å². The standard InChI is InChI=1S/C16H15FN4OS/c1-9-4-12(17)11-6-14(20-13(11)5-9)15(22)18-7-10-8-21-2-3-23-16(21)19-10/h2-5,8,14,20H,6-7H2,1H3,(H,18,22). The summed E-state index contributed by atoms with van der Waals surface area (Å²) in [6, 6.07) is 2.93. The maximum atomic E-state index is 13.9. The topological polar surface area (TPSA) is 58.4 Å². The third-order valence-electron chi connectivity index (χ3n) is 3.98. The van der Waals surface area contributed by atoms with Crippen LogP contribution in [0.15, 0.2) is 29.9 Å². The summed E-state index contributed by atoms with van der Waals surface area (Å²) >= 11 is 1.55. The van der Waals surface area contributed by atoms with Gasteiger partial charge >= 0.3 is 0 Å². The van der Waals surface area contributed by atoms with E-state index in [9.17, 15) is 9.18 Å². The summed E-state index contributed by atoms with van der Waals surface area (Å²) in [6.07, 6.45) is 4.19. The second-order valence-electron chi connectivity index (χ2n) is 5.72. The summed E-state index contributed by atoms with van der Waals surface area (Å²) in [6.45, 7) is 2.20. The lowest BCUT2D eigenvalue weighted by Crippen LogP contribution is -2.38. The van der Waals surface area contributed by atoms with E-state index in [0.29, 0.717) is 24.2 Å². The molecule has 0 saturated heterocycles. The SMILES string of the molecule is Cc1cc(F)c2c(c1)NC(C(=O)NCc1cn3ccsc3n1)C2. The van der Waals surface area contributed by atoms with Crippen molar-refractivity contribution in [3.63, 3.8) is 0 Å². The fourth-order valence-electron chi connectivity index (χ4n) is 2.87. The Morgan fingerprint density at radius 2 is 2.43 bits per heavy atom. The van der Waals surface area contributed by atoms with Crippen LogP contribution in [0.25, 0.3) is 4.96 Å². The van der Waals surface area contributed by atoms with E-state index < -0.39 is 6.04 Å². The quantitative estimate of drug-likeness (QED) is 0.776. The number of nitrogens with zero attached hydrogens (tertiary/aromatic N) is 2. The molecule has 1 aliphatic rings. The molecule has 5 nitrogen and oxygen atoms in total. The average molecular weight is 330 g/mol. The first kappa shape index (κ1) is 14.2. The fourth-order valence-corrected chi connectivity index (χ4v) is 3.59. The predicted molar refractivity (Wildman–Crippen MR) is 87.2 cm³/mol. The molecule has 0 bridgehead atoms. The molecule has 3 heterocycles. The molecule has 0 fully saturated rings. The lowest BCUT2D eigenvalue weighted by atomic mass is 10.1. The molecule has 1 aromatic carbocycles. The van der Waals surface area contributed by atoms with Crippen molar-refractivity contribution in [2.75, 3.05) is 5.32 Å². The van der Waals surface area contributed by atoms with Crippen LogP contribution in [0.5, 0.6) is 0 Å². The Balaban J connectivity index is 1.42. The van der Waals surface area contributed by atoms with E-state index in [4.69, 9.17) is 0 Å². The smallest absolute Gasteiger partial charge is 0.243 e. The maximum absolute atomic E-state index is 13.9. The van der Waals surface area contributed by atoms with E-state index in [1.54, 1.807) is 11.3 Å². The molecule has 0 saturated carbocycles. The largest absolute Gasteiger partial charge is 0.373 e. The molecule has 1 aliphatic heterocycles.